The standard InChI is InChI=1S/C22H21N7O3S/c1-15-7-9-17(10-8-15)28-21(27-11-2-3-12-27)24-25-22(28)33-14-19-23-20(26-32-19)16-5-4-6-18(13-16)29(30)31/h4-10,13H,2-3,11-12,14H2,1H3. The van der Waals surface area contributed by atoms with Gasteiger partial charge in [-0.1, -0.05) is 46.7 Å². The van der Waals surface area contributed by atoms with Gasteiger partial charge in [-0.2, -0.15) is 4.98 Å². The Morgan fingerprint density at radius 2 is 1.91 bits per heavy atom. The minimum atomic E-state index is -0.448. The Morgan fingerprint density at radius 1 is 1.12 bits per heavy atom. The van der Waals surface area contributed by atoms with Gasteiger partial charge in [0.2, 0.25) is 17.7 Å². The number of nitro groups is 1. The van der Waals surface area contributed by atoms with Crippen LogP contribution in [0.5, 0.6) is 0 Å². The van der Waals surface area contributed by atoms with Gasteiger partial charge < -0.3 is 9.42 Å². The molecule has 33 heavy (non-hydrogen) atoms. The van der Waals surface area contributed by atoms with E-state index in [9.17, 15) is 10.1 Å². The maximum atomic E-state index is 11.0. The lowest BCUT2D eigenvalue weighted by Gasteiger charge is -2.18. The molecule has 5 rings (SSSR count). The molecule has 0 amide bonds. The summed E-state index contributed by atoms with van der Waals surface area (Å²) in [6.07, 6.45) is 2.29. The summed E-state index contributed by atoms with van der Waals surface area (Å²) >= 11 is 1.45. The first-order chi connectivity index (χ1) is 16.1. The molecule has 168 valence electrons. The van der Waals surface area contributed by atoms with E-state index in [1.165, 1.54) is 29.5 Å². The van der Waals surface area contributed by atoms with Crippen LogP contribution in [0.4, 0.5) is 11.6 Å². The third kappa shape index (κ3) is 4.44. The van der Waals surface area contributed by atoms with Gasteiger partial charge in [0.25, 0.3) is 5.69 Å². The monoisotopic (exact) mass is 463 g/mol. The van der Waals surface area contributed by atoms with Crippen molar-refractivity contribution >= 4 is 23.4 Å². The Morgan fingerprint density at radius 3 is 2.67 bits per heavy atom. The fourth-order valence-electron chi connectivity index (χ4n) is 3.71. The highest BCUT2D eigenvalue weighted by Crippen LogP contribution is 2.31. The fraction of sp³-hybridized carbons (Fsp3) is 0.273. The van der Waals surface area contributed by atoms with Crippen LogP contribution in [0.25, 0.3) is 17.1 Å². The van der Waals surface area contributed by atoms with E-state index in [1.54, 1.807) is 12.1 Å². The minimum absolute atomic E-state index is 0.0196. The largest absolute Gasteiger partial charge is 0.341 e. The molecule has 0 saturated carbocycles. The molecule has 2 aromatic heterocycles. The van der Waals surface area contributed by atoms with Crippen LogP contribution >= 0.6 is 11.8 Å². The van der Waals surface area contributed by atoms with Gasteiger partial charge in [-0.15, -0.1) is 10.2 Å². The van der Waals surface area contributed by atoms with Crippen LogP contribution in [0, 0.1) is 17.0 Å². The first kappa shape index (κ1) is 21.1. The molecule has 0 atom stereocenters. The van der Waals surface area contributed by atoms with E-state index >= 15 is 0 Å². The molecule has 0 bridgehead atoms. The van der Waals surface area contributed by atoms with Crippen LogP contribution in [-0.4, -0.2) is 42.9 Å². The predicted octanol–water partition coefficient (Wildman–Crippen LogP) is 4.43. The number of nitrogens with zero attached hydrogens (tertiary/aromatic N) is 7. The summed E-state index contributed by atoms with van der Waals surface area (Å²) in [6, 6.07) is 14.4. The van der Waals surface area contributed by atoms with Crippen molar-refractivity contribution in [3.63, 3.8) is 0 Å². The van der Waals surface area contributed by atoms with Gasteiger partial charge >= 0.3 is 0 Å². The van der Waals surface area contributed by atoms with Gasteiger partial charge in [-0.3, -0.25) is 14.7 Å². The first-order valence-electron chi connectivity index (χ1n) is 10.6. The summed E-state index contributed by atoms with van der Waals surface area (Å²) < 4.78 is 7.45. The van der Waals surface area contributed by atoms with Crippen LogP contribution in [0.2, 0.25) is 0 Å². The lowest BCUT2D eigenvalue weighted by atomic mass is 10.2. The molecule has 0 radical (unpaired) electrons. The summed E-state index contributed by atoms with van der Waals surface area (Å²) in [4.78, 5) is 17.2. The fourth-order valence-corrected chi connectivity index (χ4v) is 4.50. The van der Waals surface area contributed by atoms with E-state index in [-0.39, 0.29) is 5.69 Å². The smallest absolute Gasteiger partial charge is 0.270 e. The zero-order valence-corrected chi connectivity index (χ0v) is 18.7. The van der Waals surface area contributed by atoms with Gasteiger partial charge in [0.15, 0.2) is 5.16 Å². The van der Waals surface area contributed by atoms with Gasteiger partial charge in [0, 0.05) is 30.8 Å². The number of hydrogen-bond donors (Lipinski definition) is 0. The molecule has 1 fully saturated rings. The van der Waals surface area contributed by atoms with Crippen molar-refractivity contribution < 1.29 is 9.45 Å². The summed E-state index contributed by atoms with van der Waals surface area (Å²) in [5, 5.41) is 24.7. The van der Waals surface area contributed by atoms with Gasteiger partial charge in [0.05, 0.1) is 16.4 Å². The van der Waals surface area contributed by atoms with Crippen molar-refractivity contribution in [1.82, 2.24) is 24.9 Å². The Balaban J connectivity index is 1.39. The SMILES string of the molecule is Cc1ccc(-n2c(SCc3nc(-c4cccc([N+](=O)[O-])c4)no3)nnc2N2CCCC2)cc1. The number of benzene rings is 2. The highest BCUT2D eigenvalue weighted by molar-refractivity contribution is 7.98. The van der Waals surface area contributed by atoms with E-state index in [1.807, 2.05) is 0 Å². The molecular weight excluding hydrogens is 442 g/mol. The Kier molecular flexibility index (Phi) is 5.78. The maximum absolute atomic E-state index is 11.0. The Hall–Kier alpha value is -3.73. The normalized spacial score (nSPS) is 13.5. The van der Waals surface area contributed by atoms with E-state index in [2.05, 4.69) is 61.0 Å². The average molecular weight is 464 g/mol. The van der Waals surface area contributed by atoms with E-state index < -0.39 is 4.92 Å². The average Bonchev–Trinajstić information content (AvgIpc) is 3.59. The number of aromatic nitrogens is 5. The zero-order valence-electron chi connectivity index (χ0n) is 17.9. The van der Waals surface area contributed by atoms with Crippen molar-refractivity contribution in [1.29, 1.82) is 0 Å². The number of thioether (sulfide) groups is 1. The lowest BCUT2D eigenvalue weighted by molar-refractivity contribution is -0.384. The van der Waals surface area contributed by atoms with Crippen molar-refractivity contribution in [3.05, 3.63) is 70.1 Å². The second kappa shape index (κ2) is 9.02. The molecule has 1 saturated heterocycles. The van der Waals surface area contributed by atoms with Crippen LogP contribution < -0.4 is 4.90 Å². The molecule has 10 nitrogen and oxygen atoms in total. The van der Waals surface area contributed by atoms with Gasteiger partial charge in [-0.05, 0) is 31.9 Å². The van der Waals surface area contributed by atoms with E-state index in [4.69, 9.17) is 4.52 Å². The van der Waals surface area contributed by atoms with Crippen molar-refractivity contribution in [2.24, 2.45) is 0 Å². The molecule has 3 heterocycles. The number of rotatable bonds is 7. The minimum Gasteiger partial charge on any atom is -0.341 e. The molecule has 0 N–H and O–H groups in total. The molecule has 0 spiro atoms. The van der Waals surface area contributed by atoms with Crippen LogP contribution in [0.15, 0.2) is 58.2 Å². The second-order valence-corrected chi connectivity index (χ2v) is 8.70. The number of nitro benzene ring substituents is 1. The van der Waals surface area contributed by atoms with Gasteiger partial charge in [-0.25, -0.2) is 0 Å². The predicted molar refractivity (Wildman–Crippen MR) is 123 cm³/mol. The number of aryl methyl sites for hydroxylation is 1. The van der Waals surface area contributed by atoms with Gasteiger partial charge in [0.1, 0.15) is 0 Å². The van der Waals surface area contributed by atoms with E-state index in [0.717, 1.165) is 42.7 Å². The van der Waals surface area contributed by atoms with Crippen LogP contribution in [0.3, 0.4) is 0 Å². The Bertz CT molecular complexity index is 1280. The Labute approximate surface area is 193 Å². The lowest BCUT2D eigenvalue weighted by Crippen LogP contribution is -2.22. The van der Waals surface area contributed by atoms with E-state index in [0.29, 0.717) is 23.0 Å². The molecule has 1 aliphatic rings. The highest BCUT2D eigenvalue weighted by Gasteiger charge is 2.23. The molecule has 0 aliphatic carbocycles. The van der Waals surface area contributed by atoms with Crippen molar-refractivity contribution in [2.45, 2.75) is 30.7 Å². The molecule has 11 heteroatoms. The summed E-state index contributed by atoms with van der Waals surface area (Å²) in [5.41, 5.74) is 2.69. The van der Waals surface area contributed by atoms with Crippen molar-refractivity contribution in [2.75, 3.05) is 18.0 Å². The third-order valence-electron chi connectivity index (χ3n) is 5.41. The zero-order chi connectivity index (χ0) is 22.8. The number of non-ortho nitro benzene ring substituents is 1. The second-order valence-electron chi connectivity index (χ2n) is 7.76. The topological polar surface area (TPSA) is 116 Å². The third-order valence-corrected chi connectivity index (χ3v) is 6.32. The summed E-state index contributed by atoms with van der Waals surface area (Å²) in [6.45, 7) is 3.98. The quantitative estimate of drug-likeness (QED) is 0.223. The maximum Gasteiger partial charge on any atom is 0.270 e. The summed E-state index contributed by atoms with van der Waals surface area (Å²) in [7, 11) is 0. The highest BCUT2D eigenvalue weighted by atomic mass is 32.2. The molecule has 2 aromatic carbocycles. The molecular formula is C22H21N7O3S. The molecule has 1 aliphatic heterocycles. The molecule has 0 unspecified atom stereocenters. The van der Waals surface area contributed by atoms with Crippen LogP contribution in [0.1, 0.15) is 24.3 Å². The number of hydrogen-bond acceptors (Lipinski definition) is 9. The van der Waals surface area contributed by atoms with Crippen LogP contribution in [-0.2, 0) is 5.75 Å². The number of anilines is 1. The molecule has 4 aromatic rings. The van der Waals surface area contributed by atoms with Crippen molar-refractivity contribution in [3.8, 4) is 17.1 Å². The first-order valence-corrected chi connectivity index (χ1v) is 11.5. The summed E-state index contributed by atoms with van der Waals surface area (Å²) in [5.74, 6) is 1.95.